The summed E-state index contributed by atoms with van der Waals surface area (Å²) in [5, 5.41) is -0.289. The van der Waals surface area contributed by atoms with Crippen LogP contribution in [0.5, 0.6) is 0 Å². The molecule has 0 saturated heterocycles. The van der Waals surface area contributed by atoms with Crippen molar-refractivity contribution in [2.24, 2.45) is 5.73 Å². The van der Waals surface area contributed by atoms with Gasteiger partial charge in [-0.3, -0.25) is 0 Å². The van der Waals surface area contributed by atoms with Gasteiger partial charge in [0.25, 0.3) is 0 Å². The van der Waals surface area contributed by atoms with E-state index in [9.17, 15) is 9.59 Å². The molecule has 0 amide bonds. The third-order valence-electron chi connectivity index (χ3n) is 2.30. The van der Waals surface area contributed by atoms with Gasteiger partial charge in [0, 0.05) is 0 Å². The van der Waals surface area contributed by atoms with E-state index in [0.29, 0.717) is 6.42 Å². The molecular weight excluding hydrogens is 365 g/mol. The number of hydrogen-bond acceptors (Lipinski definition) is 5. The number of esters is 1. The number of benzene rings is 1. The maximum absolute atomic E-state index is 11.7. The molecule has 0 heterocycles. The first-order chi connectivity index (χ1) is 9.04. The van der Waals surface area contributed by atoms with Crippen LogP contribution in [0.3, 0.4) is 0 Å². The SMILES string of the molecule is [3H][I-]SC(=O)[C@H](C)OC(=O)[C@@H](N)Cc1ccccc1. The number of rotatable bonds is 6. The molecule has 0 radical (unpaired) electrons. The van der Waals surface area contributed by atoms with Crippen molar-refractivity contribution in [2.75, 3.05) is 0 Å². The summed E-state index contributed by atoms with van der Waals surface area (Å²) in [5.74, 6) is -0.589. The molecule has 0 aliphatic carbocycles. The van der Waals surface area contributed by atoms with E-state index in [4.69, 9.17) is 11.1 Å². The molecule has 1 aromatic rings. The molecule has 4 nitrogen and oxygen atoms in total. The van der Waals surface area contributed by atoms with Gasteiger partial charge in [0.2, 0.25) is 0 Å². The molecule has 0 spiro atoms. The van der Waals surface area contributed by atoms with Crippen molar-refractivity contribution in [1.29, 1.82) is 0.594 Å². The van der Waals surface area contributed by atoms with E-state index in [1.807, 2.05) is 30.3 Å². The molecule has 2 atom stereocenters. The van der Waals surface area contributed by atoms with Gasteiger partial charge in [0.05, 0.1) is 0 Å². The van der Waals surface area contributed by atoms with E-state index in [0.717, 1.165) is 14.5 Å². The van der Waals surface area contributed by atoms with Crippen LogP contribution in [0.4, 0.5) is 0 Å². The number of ether oxygens (including phenoxy) is 1. The number of nitrogens with two attached hydrogens (primary N) is 1. The predicted octanol–water partition coefficient (Wildman–Crippen LogP) is -2.05. The van der Waals surface area contributed by atoms with E-state index in [1.165, 1.54) is 6.92 Å². The molecule has 2 N–H and O–H groups in total. The van der Waals surface area contributed by atoms with Crippen molar-refractivity contribution >= 4 is 20.0 Å². The number of hydrogen-bond donors (Lipinski definition) is 1. The molecular formula is C12H15INO3S-. The third-order valence-corrected chi connectivity index (χ3v) is 4.09. The standard InChI is InChI=1S/C12H15INO3S/c1-8(12(16)18-13)17-11(15)10(14)7-9-5-3-2-4-6-9/h2-6,8,10,13H,7,14H2,1H3/q-1/t8-,10-/m0/s1/i13T. The molecule has 1 aromatic carbocycles. The van der Waals surface area contributed by atoms with Crippen molar-refractivity contribution in [1.82, 2.24) is 0 Å². The van der Waals surface area contributed by atoms with E-state index >= 15 is 0 Å². The maximum atomic E-state index is 11.7. The van der Waals surface area contributed by atoms with Crippen LogP contribution in [-0.4, -0.2) is 23.8 Å². The fourth-order valence-corrected chi connectivity index (χ4v) is 2.57. The summed E-state index contributed by atoms with van der Waals surface area (Å²) in [4.78, 5) is 23.1. The first-order valence-electron chi connectivity index (χ1n) is 5.74. The Labute approximate surface area is 123 Å². The molecule has 0 saturated carbocycles. The predicted molar refractivity (Wildman–Crippen MR) is 67.7 cm³/mol. The zero-order chi connectivity index (χ0) is 14.3. The van der Waals surface area contributed by atoms with Crippen molar-refractivity contribution < 1.29 is 35.3 Å². The summed E-state index contributed by atoms with van der Waals surface area (Å²) in [7, 11) is 0.917. The molecule has 0 aromatic heterocycles. The second kappa shape index (κ2) is 7.75. The molecule has 0 aliphatic rings. The van der Waals surface area contributed by atoms with E-state index in [-0.39, 0.29) is 5.12 Å². The van der Waals surface area contributed by atoms with Gasteiger partial charge >= 0.3 is 123 Å². The quantitative estimate of drug-likeness (QED) is 0.453. The summed E-state index contributed by atoms with van der Waals surface area (Å²) < 4.78 is 12.0. The van der Waals surface area contributed by atoms with E-state index < -0.39 is 39.1 Å². The van der Waals surface area contributed by atoms with Crippen LogP contribution in [0.25, 0.3) is 0 Å². The Balaban J connectivity index is 2.47. The summed E-state index contributed by atoms with van der Waals surface area (Å²) in [6, 6.07) is 8.59. The Morgan fingerprint density at radius 1 is 1.50 bits per heavy atom. The Morgan fingerprint density at radius 3 is 2.78 bits per heavy atom. The first-order valence-corrected chi connectivity index (χ1v) is 8.73. The van der Waals surface area contributed by atoms with Crippen LogP contribution >= 0.6 is 8.93 Å². The molecule has 6 heteroatoms. The van der Waals surface area contributed by atoms with E-state index in [1.54, 1.807) is 0 Å². The van der Waals surface area contributed by atoms with Crippen LogP contribution in [0, 0.1) is 0 Å². The summed E-state index contributed by atoms with van der Waals surface area (Å²) >= 11 is -0.954. The molecule has 1 rings (SSSR count). The van der Waals surface area contributed by atoms with Gasteiger partial charge < -0.3 is 0 Å². The van der Waals surface area contributed by atoms with Gasteiger partial charge in [-0.1, -0.05) is 0 Å². The molecule has 0 bridgehead atoms. The molecule has 0 unspecified atom stereocenters. The third kappa shape index (κ3) is 4.95. The number of halogens is 1. The second-order valence-electron chi connectivity index (χ2n) is 3.77. The van der Waals surface area contributed by atoms with E-state index in [2.05, 4.69) is 0 Å². The molecule has 0 aliphatic heterocycles. The Kier molecular flexibility index (Phi) is 5.95. The zero-order valence-electron chi connectivity index (χ0n) is 10.8. The van der Waals surface area contributed by atoms with Gasteiger partial charge in [0.1, 0.15) is 0 Å². The summed E-state index contributed by atoms with van der Waals surface area (Å²) in [6.45, 7) is 1.50. The van der Waals surface area contributed by atoms with Crippen LogP contribution in [0.2, 0.25) is 0 Å². The second-order valence-corrected chi connectivity index (χ2v) is 5.65. The topological polar surface area (TPSA) is 69.4 Å². The van der Waals surface area contributed by atoms with Gasteiger partial charge in [-0.2, -0.15) is 0 Å². The van der Waals surface area contributed by atoms with Crippen LogP contribution in [0.15, 0.2) is 30.3 Å². The first kappa shape index (κ1) is 13.8. The van der Waals surface area contributed by atoms with Gasteiger partial charge in [-0.25, -0.2) is 0 Å². The Bertz CT molecular complexity index is 432. The Hall–Kier alpha value is -0.600. The number of carbonyl (C=O) groups is 2. The van der Waals surface area contributed by atoms with Gasteiger partial charge in [-0.15, -0.1) is 0 Å². The minimum atomic E-state index is -0.954. The zero-order valence-corrected chi connectivity index (χ0v) is 12.8. The average molecular weight is 382 g/mol. The number of carbonyl (C=O) groups excluding carboxylic acids is 2. The average Bonchev–Trinajstić information content (AvgIpc) is 2.40. The van der Waals surface area contributed by atoms with Crippen LogP contribution < -0.4 is 26.7 Å². The van der Waals surface area contributed by atoms with Crippen molar-refractivity contribution in [2.45, 2.75) is 25.5 Å². The molecule has 18 heavy (non-hydrogen) atoms. The van der Waals surface area contributed by atoms with Crippen LogP contribution in [-0.2, 0) is 20.7 Å². The summed E-state index contributed by atoms with van der Waals surface area (Å²) in [5.41, 5.74) is 6.69. The van der Waals surface area contributed by atoms with Gasteiger partial charge in [-0.05, 0) is 0 Å². The normalized spacial score (nSPS) is 14.7. The van der Waals surface area contributed by atoms with Crippen molar-refractivity contribution in [3.05, 3.63) is 35.9 Å². The van der Waals surface area contributed by atoms with Crippen molar-refractivity contribution in [3.63, 3.8) is 0 Å². The Morgan fingerprint density at radius 2 is 2.17 bits per heavy atom. The summed E-state index contributed by atoms with van der Waals surface area (Å²) in [6.07, 6.45) is -0.469. The molecule has 0 fully saturated rings. The fourth-order valence-electron chi connectivity index (χ4n) is 1.32. The fraction of sp³-hybridized carbons (Fsp3) is 0.333. The van der Waals surface area contributed by atoms with Crippen LogP contribution in [0.1, 0.15) is 12.5 Å². The van der Waals surface area contributed by atoms with Gasteiger partial charge in [0.15, 0.2) is 0 Å². The monoisotopic (exact) mass is 382 g/mol. The minimum absolute atomic E-state index is 0.289. The molecule has 100 valence electrons. The van der Waals surface area contributed by atoms with Crippen molar-refractivity contribution in [3.8, 4) is 0 Å².